The molecule has 1 aliphatic rings. The smallest absolute Gasteiger partial charge is 0.254 e. The Hall–Kier alpha value is -3.50. The van der Waals surface area contributed by atoms with Crippen molar-refractivity contribution in [2.75, 3.05) is 19.6 Å². The number of nitrogens with zero attached hydrogens (tertiary/aromatic N) is 3. The van der Waals surface area contributed by atoms with Crippen LogP contribution < -0.4 is 5.73 Å². The fourth-order valence-electron chi connectivity index (χ4n) is 4.68. The highest BCUT2D eigenvalue weighted by molar-refractivity contribution is 7.89. The molecular formula is C28H26Cl2N4O4S. The summed E-state index contributed by atoms with van der Waals surface area (Å²) in [5, 5.41) is 2.08. The lowest BCUT2D eigenvalue weighted by Gasteiger charge is -2.46. The summed E-state index contributed by atoms with van der Waals surface area (Å²) in [5.41, 5.74) is 6.19. The topological polar surface area (TPSA) is 114 Å². The number of nitrogens with two attached hydrogens (primary N) is 1. The Morgan fingerprint density at radius 3 is 2.31 bits per heavy atom. The number of aromatic nitrogens is 1. The number of piperazine rings is 1. The number of halogens is 2. The van der Waals surface area contributed by atoms with Crippen LogP contribution in [-0.4, -0.2) is 59.6 Å². The first kappa shape index (κ1) is 28.5. The number of amides is 2. The predicted octanol–water partition coefficient (Wildman–Crippen LogP) is 4.37. The van der Waals surface area contributed by atoms with Crippen LogP contribution in [0, 0.1) is 0 Å². The molecule has 0 radical (unpaired) electrons. The summed E-state index contributed by atoms with van der Waals surface area (Å²) in [6.07, 6.45) is 1.69. The second-order valence-corrected chi connectivity index (χ2v) is 11.8. The van der Waals surface area contributed by atoms with Crippen molar-refractivity contribution in [2.45, 2.75) is 17.4 Å². The molecule has 1 aliphatic heterocycles. The summed E-state index contributed by atoms with van der Waals surface area (Å²) in [6, 6.07) is 22.4. The third-order valence-electron chi connectivity index (χ3n) is 6.93. The van der Waals surface area contributed by atoms with Gasteiger partial charge in [0.1, 0.15) is 5.54 Å². The second kappa shape index (κ2) is 10.9. The van der Waals surface area contributed by atoms with E-state index < -0.39 is 27.4 Å². The van der Waals surface area contributed by atoms with Gasteiger partial charge >= 0.3 is 0 Å². The number of rotatable bonds is 5. The SMILES string of the molecule is CC1(C(N)=O)CN(S(=O)(=O)c2ccc3cc(Cl)ccc3c2)CCN1C(=O)c1ccc(-c2ccccn2)cc1.Cl. The standard InChI is InChI=1S/C28H25ClN4O4S.ClH/c1-28(27(30)35)18-32(38(36,37)24-12-10-21-16-23(29)11-9-22(21)17-24)14-15-33(28)26(34)20-7-5-19(6-8-20)25-4-2-3-13-31-25;/h2-13,16-17H,14-15,18H2,1H3,(H2,30,35);1H. The Bertz CT molecular complexity index is 1650. The van der Waals surface area contributed by atoms with E-state index in [2.05, 4.69) is 4.98 Å². The molecule has 202 valence electrons. The van der Waals surface area contributed by atoms with Gasteiger partial charge in [-0.25, -0.2) is 8.42 Å². The Balaban J connectivity index is 0.00000353. The number of sulfonamides is 1. The zero-order chi connectivity index (χ0) is 27.1. The molecule has 2 amide bonds. The number of fused-ring (bicyclic) bond motifs is 1. The normalized spacial score (nSPS) is 17.9. The van der Waals surface area contributed by atoms with Crippen molar-refractivity contribution in [3.63, 3.8) is 0 Å². The number of pyridine rings is 1. The molecule has 0 aliphatic carbocycles. The Labute approximate surface area is 237 Å². The van der Waals surface area contributed by atoms with Crippen LogP contribution >= 0.6 is 24.0 Å². The van der Waals surface area contributed by atoms with E-state index >= 15 is 0 Å². The minimum atomic E-state index is -3.97. The maximum atomic E-state index is 13.6. The van der Waals surface area contributed by atoms with Crippen LogP contribution in [0.1, 0.15) is 17.3 Å². The van der Waals surface area contributed by atoms with Gasteiger partial charge in [0.2, 0.25) is 15.9 Å². The number of hydrogen-bond acceptors (Lipinski definition) is 5. The van der Waals surface area contributed by atoms with Gasteiger partial charge in [-0.1, -0.05) is 41.9 Å². The maximum absolute atomic E-state index is 13.6. The molecule has 11 heteroatoms. The van der Waals surface area contributed by atoms with Gasteiger partial charge in [-0.15, -0.1) is 12.4 Å². The van der Waals surface area contributed by atoms with E-state index in [9.17, 15) is 18.0 Å². The van der Waals surface area contributed by atoms with Crippen molar-refractivity contribution in [3.8, 4) is 11.3 Å². The average Bonchev–Trinajstić information content (AvgIpc) is 2.92. The van der Waals surface area contributed by atoms with Crippen LogP contribution in [0.5, 0.6) is 0 Å². The quantitative estimate of drug-likeness (QED) is 0.374. The highest BCUT2D eigenvalue weighted by atomic mass is 35.5. The zero-order valence-corrected chi connectivity index (χ0v) is 23.3. The molecule has 5 rings (SSSR count). The molecule has 1 unspecified atom stereocenters. The van der Waals surface area contributed by atoms with Crippen molar-refractivity contribution in [3.05, 3.63) is 95.6 Å². The number of primary amides is 1. The molecule has 2 heterocycles. The molecule has 8 nitrogen and oxygen atoms in total. The Kier molecular flexibility index (Phi) is 7.99. The van der Waals surface area contributed by atoms with Gasteiger partial charge in [0.05, 0.1) is 10.6 Å². The molecule has 0 saturated carbocycles. The molecule has 1 aromatic heterocycles. The van der Waals surface area contributed by atoms with Crippen LogP contribution in [0.4, 0.5) is 0 Å². The summed E-state index contributed by atoms with van der Waals surface area (Å²) in [5.74, 6) is -1.19. The largest absolute Gasteiger partial charge is 0.368 e. The van der Waals surface area contributed by atoms with E-state index in [1.165, 1.54) is 22.2 Å². The van der Waals surface area contributed by atoms with Crippen molar-refractivity contribution in [1.82, 2.24) is 14.2 Å². The molecule has 1 fully saturated rings. The molecule has 1 atom stereocenters. The molecule has 0 bridgehead atoms. The molecule has 2 N–H and O–H groups in total. The highest BCUT2D eigenvalue weighted by Crippen LogP contribution is 2.30. The summed E-state index contributed by atoms with van der Waals surface area (Å²) in [4.78, 5) is 31.9. The fourth-order valence-corrected chi connectivity index (χ4v) is 6.42. The number of carbonyl (C=O) groups is 2. The first-order valence-electron chi connectivity index (χ1n) is 11.9. The van der Waals surface area contributed by atoms with Crippen LogP contribution in [-0.2, 0) is 14.8 Å². The Morgan fingerprint density at radius 2 is 1.64 bits per heavy atom. The average molecular weight is 586 g/mol. The van der Waals surface area contributed by atoms with Gasteiger partial charge in [0, 0.05) is 42.0 Å². The van der Waals surface area contributed by atoms with E-state index in [4.69, 9.17) is 17.3 Å². The zero-order valence-electron chi connectivity index (χ0n) is 21.0. The van der Waals surface area contributed by atoms with Crippen LogP contribution in [0.15, 0.2) is 90.0 Å². The monoisotopic (exact) mass is 584 g/mol. The van der Waals surface area contributed by atoms with Gasteiger partial charge < -0.3 is 10.6 Å². The van der Waals surface area contributed by atoms with E-state index in [-0.39, 0.29) is 36.9 Å². The van der Waals surface area contributed by atoms with Gasteiger partial charge in [-0.3, -0.25) is 14.6 Å². The van der Waals surface area contributed by atoms with E-state index in [1.54, 1.807) is 60.8 Å². The molecule has 39 heavy (non-hydrogen) atoms. The third kappa shape index (κ3) is 5.35. The maximum Gasteiger partial charge on any atom is 0.254 e. The van der Waals surface area contributed by atoms with E-state index in [0.29, 0.717) is 10.6 Å². The third-order valence-corrected chi connectivity index (χ3v) is 9.01. The van der Waals surface area contributed by atoms with Gasteiger partial charge in [-0.2, -0.15) is 4.31 Å². The molecule has 0 spiro atoms. The minimum absolute atomic E-state index is 0. The predicted molar refractivity (Wildman–Crippen MR) is 153 cm³/mol. The van der Waals surface area contributed by atoms with Crippen molar-refractivity contribution in [2.24, 2.45) is 5.73 Å². The van der Waals surface area contributed by atoms with Crippen LogP contribution in [0.3, 0.4) is 0 Å². The van der Waals surface area contributed by atoms with Gasteiger partial charge in [0.15, 0.2) is 0 Å². The lowest BCUT2D eigenvalue weighted by molar-refractivity contribution is -0.130. The number of carbonyl (C=O) groups excluding carboxylic acids is 2. The summed E-state index contributed by atoms with van der Waals surface area (Å²) in [6.45, 7) is 1.25. The van der Waals surface area contributed by atoms with Gasteiger partial charge in [-0.05, 0) is 66.2 Å². The van der Waals surface area contributed by atoms with Crippen LogP contribution in [0.2, 0.25) is 5.02 Å². The lowest BCUT2D eigenvalue weighted by Crippen LogP contribution is -2.68. The van der Waals surface area contributed by atoms with E-state index in [0.717, 1.165) is 22.0 Å². The first-order valence-corrected chi connectivity index (χ1v) is 13.7. The van der Waals surface area contributed by atoms with Crippen LogP contribution in [0.25, 0.3) is 22.0 Å². The Morgan fingerprint density at radius 1 is 0.949 bits per heavy atom. The van der Waals surface area contributed by atoms with Gasteiger partial charge in [0.25, 0.3) is 5.91 Å². The second-order valence-electron chi connectivity index (χ2n) is 9.38. The van der Waals surface area contributed by atoms with Crippen molar-refractivity contribution >= 4 is 56.6 Å². The summed E-state index contributed by atoms with van der Waals surface area (Å²) >= 11 is 6.05. The summed E-state index contributed by atoms with van der Waals surface area (Å²) in [7, 11) is -3.97. The van der Waals surface area contributed by atoms with E-state index in [1.807, 2.05) is 18.2 Å². The fraction of sp³-hybridized carbons (Fsp3) is 0.179. The minimum Gasteiger partial charge on any atom is -0.368 e. The first-order chi connectivity index (χ1) is 18.1. The molecule has 4 aromatic rings. The number of hydrogen-bond donors (Lipinski definition) is 1. The highest BCUT2D eigenvalue weighted by Gasteiger charge is 2.48. The molecular weight excluding hydrogens is 559 g/mol. The molecule has 3 aromatic carbocycles. The lowest BCUT2D eigenvalue weighted by atomic mass is 9.95. The molecule has 1 saturated heterocycles. The van der Waals surface area contributed by atoms with Crippen molar-refractivity contribution in [1.29, 1.82) is 0 Å². The van der Waals surface area contributed by atoms with Crippen molar-refractivity contribution < 1.29 is 18.0 Å². The number of benzene rings is 3. The summed E-state index contributed by atoms with van der Waals surface area (Å²) < 4.78 is 28.3.